The van der Waals surface area contributed by atoms with Gasteiger partial charge in [0, 0.05) is 25.6 Å². The summed E-state index contributed by atoms with van der Waals surface area (Å²) in [6, 6.07) is 0.422. The fourth-order valence-corrected chi connectivity index (χ4v) is 2.85. The molecule has 0 bridgehead atoms. The third kappa shape index (κ3) is 3.96. The van der Waals surface area contributed by atoms with Crippen molar-refractivity contribution in [2.24, 2.45) is 5.92 Å². The van der Waals surface area contributed by atoms with Gasteiger partial charge in [0.05, 0.1) is 0 Å². The van der Waals surface area contributed by atoms with Crippen LogP contribution in [0.4, 0.5) is 0 Å². The van der Waals surface area contributed by atoms with E-state index in [9.17, 15) is 4.79 Å². The molecular formula is C13H25N3O. The molecular weight excluding hydrogens is 214 g/mol. The Bertz CT molecular complexity index is 251. The first-order valence-electron chi connectivity index (χ1n) is 7.00. The Kier molecular flexibility index (Phi) is 4.80. The minimum atomic E-state index is 0.222. The van der Waals surface area contributed by atoms with E-state index in [-0.39, 0.29) is 5.91 Å². The third-order valence-electron chi connectivity index (χ3n) is 4.00. The van der Waals surface area contributed by atoms with E-state index in [1.165, 1.54) is 19.4 Å². The van der Waals surface area contributed by atoms with Crippen molar-refractivity contribution in [2.45, 2.75) is 38.6 Å². The predicted octanol–water partition coefficient (Wildman–Crippen LogP) is 0.587. The van der Waals surface area contributed by atoms with Crippen LogP contribution in [-0.4, -0.2) is 49.6 Å². The van der Waals surface area contributed by atoms with Crippen LogP contribution >= 0.6 is 0 Å². The number of carbonyl (C=O) groups excluding carboxylic acids is 1. The average Bonchev–Trinajstić information content (AvgIpc) is 2.96. The molecule has 98 valence electrons. The first-order chi connectivity index (χ1) is 8.28. The Morgan fingerprint density at radius 2 is 2.35 bits per heavy atom. The molecule has 17 heavy (non-hydrogen) atoms. The lowest BCUT2D eigenvalue weighted by Crippen LogP contribution is -2.35. The minimum Gasteiger partial charge on any atom is -0.356 e. The van der Waals surface area contributed by atoms with E-state index in [4.69, 9.17) is 0 Å². The van der Waals surface area contributed by atoms with Gasteiger partial charge < -0.3 is 15.5 Å². The Hall–Kier alpha value is -0.610. The quantitative estimate of drug-likeness (QED) is 0.738. The van der Waals surface area contributed by atoms with Crippen molar-refractivity contribution < 1.29 is 4.79 Å². The number of hydrogen-bond acceptors (Lipinski definition) is 3. The normalized spacial score (nSPS) is 29.7. The van der Waals surface area contributed by atoms with E-state index in [1.54, 1.807) is 0 Å². The second-order valence-electron chi connectivity index (χ2n) is 5.35. The molecule has 1 amide bonds. The van der Waals surface area contributed by atoms with Gasteiger partial charge in [0.1, 0.15) is 0 Å². The Morgan fingerprint density at radius 3 is 3.00 bits per heavy atom. The second-order valence-corrected chi connectivity index (χ2v) is 5.35. The highest BCUT2D eigenvalue weighted by atomic mass is 16.1. The topological polar surface area (TPSA) is 44.4 Å². The molecule has 2 fully saturated rings. The standard InChI is InChI=1S/C13H25N3O/c1-2-16-7-5-11(10-16)9-15-13(17)8-12-4-3-6-14-12/h11-12,14H,2-10H2,1H3,(H,15,17). The molecule has 0 aromatic carbocycles. The van der Waals surface area contributed by atoms with Gasteiger partial charge in [0.15, 0.2) is 0 Å². The van der Waals surface area contributed by atoms with Crippen LogP contribution in [0, 0.1) is 5.92 Å². The zero-order valence-electron chi connectivity index (χ0n) is 10.9. The summed E-state index contributed by atoms with van der Waals surface area (Å²) in [6.07, 6.45) is 4.26. The van der Waals surface area contributed by atoms with Gasteiger partial charge in [0.25, 0.3) is 0 Å². The Labute approximate surface area is 104 Å². The number of nitrogens with one attached hydrogen (secondary N) is 2. The van der Waals surface area contributed by atoms with Crippen LogP contribution in [0.25, 0.3) is 0 Å². The van der Waals surface area contributed by atoms with E-state index in [0.29, 0.717) is 18.4 Å². The molecule has 2 aliphatic heterocycles. The summed E-state index contributed by atoms with van der Waals surface area (Å²) in [4.78, 5) is 14.2. The Balaban J connectivity index is 1.59. The molecule has 0 radical (unpaired) electrons. The SMILES string of the molecule is CCN1CCC(CNC(=O)CC2CCCN2)C1. The molecule has 2 unspecified atom stereocenters. The van der Waals surface area contributed by atoms with Crippen LogP contribution in [0.1, 0.15) is 32.6 Å². The zero-order chi connectivity index (χ0) is 12.1. The van der Waals surface area contributed by atoms with Crippen LogP contribution in [0.2, 0.25) is 0 Å². The van der Waals surface area contributed by atoms with Crippen LogP contribution in [-0.2, 0) is 4.79 Å². The van der Waals surface area contributed by atoms with Gasteiger partial charge in [-0.05, 0) is 44.8 Å². The molecule has 0 aliphatic carbocycles. The fraction of sp³-hybridized carbons (Fsp3) is 0.923. The molecule has 0 saturated carbocycles. The molecule has 2 heterocycles. The monoisotopic (exact) mass is 239 g/mol. The molecule has 4 nitrogen and oxygen atoms in total. The highest BCUT2D eigenvalue weighted by Crippen LogP contribution is 2.14. The van der Waals surface area contributed by atoms with Crippen molar-refractivity contribution in [1.29, 1.82) is 0 Å². The van der Waals surface area contributed by atoms with Gasteiger partial charge in [0.2, 0.25) is 5.91 Å². The van der Waals surface area contributed by atoms with E-state index >= 15 is 0 Å². The summed E-state index contributed by atoms with van der Waals surface area (Å²) in [5.74, 6) is 0.884. The second kappa shape index (κ2) is 6.36. The molecule has 2 saturated heterocycles. The fourth-order valence-electron chi connectivity index (χ4n) is 2.85. The average molecular weight is 239 g/mol. The van der Waals surface area contributed by atoms with Gasteiger partial charge in [-0.1, -0.05) is 6.92 Å². The molecule has 0 aromatic heterocycles. The van der Waals surface area contributed by atoms with Gasteiger partial charge in [-0.3, -0.25) is 4.79 Å². The summed E-state index contributed by atoms with van der Waals surface area (Å²) >= 11 is 0. The number of amides is 1. The smallest absolute Gasteiger partial charge is 0.221 e. The lowest BCUT2D eigenvalue weighted by molar-refractivity contribution is -0.121. The van der Waals surface area contributed by atoms with Crippen LogP contribution in [0.3, 0.4) is 0 Å². The van der Waals surface area contributed by atoms with Gasteiger partial charge in [-0.25, -0.2) is 0 Å². The predicted molar refractivity (Wildman–Crippen MR) is 68.9 cm³/mol. The summed E-state index contributed by atoms with van der Waals surface area (Å²) in [7, 11) is 0. The van der Waals surface area contributed by atoms with E-state index in [1.807, 2.05) is 0 Å². The molecule has 2 rings (SSSR count). The first-order valence-corrected chi connectivity index (χ1v) is 7.00. The zero-order valence-corrected chi connectivity index (χ0v) is 10.9. The highest BCUT2D eigenvalue weighted by Gasteiger charge is 2.22. The van der Waals surface area contributed by atoms with Gasteiger partial charge >= 0.3 is 0 Å². The number of carbonyl (C=O) groups is 1. The largest absolute Gasteiger partial charge is 0.356 e. The van der Waals surface area contributed by atoms with Gasteiger partial charge in [-0.2, -0.15) is 0 Å². The van der Waals surface area contributed by atoms with Crippen molar-refractivity contribution in [3.05, 3.63) is 0 Å². The van der Waals surface area contributed by atoms with Crippen LogP contribution in [0.15, 0.2) is 0 Å². The number of rotatable bonds is 5. The van der Waals surface area contributed by atoms with Crippen molar-refractivity contribution in [1.82, 2.24) is 15.5 Å². The summed E-state index contributed by atoms with van der Waals surface area (Å²) in [6.45, 7) is 7.62. The molecule has 0 aromatic rings. The van der Waals surface area contributed by atoms with Crippen molar-refractivity contribution in [2.75, 3.05) is 32.7 Å². The van der Waals surface area contributed by atoms with E-state index < -0.39 is 0 Å². The summed E-state index contributed by atoms with van der Waals surface area (Å²) in [5.41, 5.74) is 0. The molecule has 4 heteroatoms. The molecule has 2 atom stereocenters. The molecule has 0 spiro atoms. The lowest BCUT2D eigenvalue weighted by Gasteiger charge is -2.15. The number of likely N-dealkylation sites (tertiary alicyclic amines) is 1. The lowest BCUT2D eigenvalue weighted by atomic mass is 10.1. The Morgan fingerprint density at radius 1 is 1.47 bits per heavy atom. The maximum Gasteiger partial charge on any atom is 0.221 e. The molecule has 2 N–H and O–H groups in total. The van der Waals surface area contributed by atoms with Crippen LogP contribution in [0.5, 0.6) is 0 Å². The molecule has 2 aliphatic rings. The first kappa shape index (κ1) is 12.8. The number of nitrogens with zero attached hydrogens (tertiary/aromatic N) is 1. The van der Waals surface area contributed by atoms with E-state index in [0.717, 1.165) is 32.6 Å². The van der Waals surface area contributed by atoms with Gasteiger partial charge in [-0.15, -0.1) is 0 Å². The summed E-state index contributed by atoms with van der Waals surface area (Å²) < 4.78 is 0. The highest BCUT2D eigenvalue weighted by molar-refractivity contribution is 5.76. The maximum absolute atomic E-state index is 11.7. The van der Waals surface area contributed by atoms with Crippen molar-refractivity contribution in [3.63, 3.8) is 0 Å². The minimum absolute atomic E-state index is 0.222. The summed E-state index contributed by atoms with van der Waals surface area (Å²) in [5, 5.41) is 6.45. The maximum atomic E-state index is 11.7. The van der Waals surface area contributed by atoms with Crippen molar-refractivity contribution >= 4 is 5.91 Å². The number of hydrogen-bond donors (Lipinski definition) is 2. The van der Waals surface area contributed by atoms with Crippen molar-refractivity contribution in [3.8, 4) is 0 Å². The third-order valence-corrected chi connectivity index (χ3v) is 4.00. The van der Waals surface area contributed by atoms with E-state index in [2.05, 4.69) is 22.5 Å². The van der Waals surface area contributed by atoms with Crippen LogP contribution < -0.4 is 10.6 Å².